The number of ketones is 1. The van der Waals surface area contributed by atoms with Gasteiger partial charge < -0.3 is 0 Å². The lowest BCUT2D eigenvalue weighted by Crippen LogP contribution is -2.15. The third-order valence-corrected chi connectivity index (χ3v) is 5.57. The third kappa shape index (κ3) is 2.24. The number of halogens is 1. The molecule has 0 amide bonds. The highest BCUT2D eigenvalue weighted by Gasteiger charge is 2.34. The van der Waals surface area contributed by atoms with Crippen molar-refractivity contribution in [2.45, 2.75) is 6.42 Å². The maximum absolute atomic E-state index is 11.9. The fraction of sp³-hybridized carbons (Fsp3) is 0.444. The van der Waals surface area contributed by atoms with Crippen LogP contribution < -0.4 is 0 Å². The molecule has 0 saturated carbocycles. The molecule has 0 aromatic carbocycles. The number of hydrogen-bond acceptors (Lipinski definition) is 4. The van der Waals surface area contributed by atoms with E-state index < -0.39 is 15.8 Å². The van der Waals surface area contributed by atoms with Gasteiger partial charge in [-0.25, -0.2) is 8.42 Å². The molecule has 1 aliphatic rings. The van der Waals surface area contributed by atoms with E-state index in [2.05, 4.69) is 0 Å². The Morgan fingerprint density at radius 3 is 2.73 bits per heavy atom. The van der Waals surface area contributed by atoms with Crippen molar-refractivity contribution in [3.63, 3.8) is 0 Å². The zero-order chi connectivity index (χ0) is 11.1. The van der Waals surface area contributed by atoms with Crippen LogP contribution in [0.2, 0.25) is 5.02 Å². The van der Waals surface area contributed by atoms with Gasteiger partial charge in [-0.15, -0.1) is 11.3 Å². The summed E-state index contributed by atoms with van der Waals surface area (Å²) in [5.74, 6) is -0.436. The molecular formula is C9H9ClO3S2. The summed E-state index contributed by atoms with van der Waals surface area (Å²) in [5.41, 5.74) is 0. The van der Waals surface area contributed by atoms with E-state index in [9.17, 15) is 13.2 Å². The van der Waals surface area contributed by atoms with E-state index >= 15 is 0 Å². The maximum Gasteiger partial charge on any atom is 0.178 e. The van der Waals surface area contributed by atoms with Gasteiger partial charge in [0.2, 0.25) is 0 Å². The van der Waals surface area contributed by atoms with Crippen LogP contribution in [0.25, 0.3) is 0 Å². The first kappa shape index (κ1) is 11.1. The summed E-state index contributed by atoms with van der Waals surface area (Å²) >= 11 is 7.09. The topological polar surface area (TPSA) is 51.2 Å². The normalized spacial score (nSPS) is 24.2. The van der Waals surface area contributed by atoms with Crippen LogP contribution in [0.4, 0.5) is 0 Å². The van der Waals surface area contributed by atoms with Gasteiger partial charge in [-0.05, 0) is 17.9 Å². The monoisotopic (exact) mass is 264 g/mol. The van der Waals surface area contributed by atoms with Crippen LogP contribution >= 0.6 is 22.9 Å². The number of rotatable bonds is 2. The van der Waals surface area contributed by atoms with Gasteiger partial charge in [0.25, 0.3) is 0 Å². The molecule has 1 aromatic heterocycles. The van der Waals surface area contributed by atoms with Crippen LogP contribution in [0.15, 0.2) is 11.4 Å². The molecule has 1 atom stereocenters. The van der Waals surface area contributed by atoms with E-state index in [1.54, 1.807) is 11.4 Å². The lowest BCUT2D eigenvalue weighted by molar-refractivity contribution is 0.0937. The summed E-state index contributed by atoms with van der Waals surface area (Å²) in [4.78, 5) is 12.4. The van der Waals surface area contributed by atoms with E-state index in [-0.39, 0.29) is 17.3 Å². The van der Waals surface area contributed by atoms with Crippen molar-refractivity contribution in [2.75, 3.05) is 11.5 Å². The molecule has 0 radical (unpaired) electrons. The largest absolute Gasteiger partial charge is 0.293 e. The zero-order valence-corrected chi connectivity index (χ0v) is 10.2. The van der Waals surface area contributed by atoms with Crippen molar-refractivity contribution >= 4 is 38.6 Å². The number of thiophene rings is 1. The van der Waals surface area contributed by atoms with Gasteiger partial charge in [-0.3, -0.25) is 4.79 Å². The highest BCUT2D eigenvalue weighted by Crippen LogP contribution is 2.29. The minimum Gasteiger partial charge on any atom is -0.293 e. The Hall–Kier alpha value is -0.390. The van der Waals surface area contributed by atoms with Crippen LogP contribution in [0, 0.1) is 5.92 Å². The van der Waals surface area contributed by atoms with Crippen LogP contribution in [-0.4, -0.2) is 25.7 Å². The van der Waals surface area contributed by atoms with E-state index in [1.165, 1.54) is 11.3 Å². The van der Waals surface area contributed by atoms with Gasteiger partial charge in [-0.1, -0.05) is 11.6 Å². The summed E-state index contributed by atoms with van der Waals surface area (Å²) in [6, 6.07) is 1.66. The first-order valence-corrected chi connectivity index (χ1v) is 7.55. The molecule has 6 heteroatoms. The fourth-order valence-electron chi connectivity index (χ4n) is 1.66. The van der Waals surface area contributed by atoms with Gasteiger partial charge in [-0.2, -0.15) is 0 Å². The number of hydrogen-bond donors (Lipinski definition) is 0. The number of carbonyl (C=O) groups excluding carboxylic acids is 1. The minimum absolute atomic E-state index is 0.0277. The van der Waals surface area contributed by atoms with Crippen LogP contribution in [0.5, 0.6) is 0 Å². The number of sulfone groups is 1. The Bertz CT molecular complexity index is 489. The average molecular weight is 265 g/mol. The average Bonchev–Trinajstić information content (AvgIpc) is 2.71. The molecule has 0 N–H and O–H groups in total. The second-order valence-corrected chi connectivity index (χ2v) is 7.11. The maximum atomic E-state index is 11.9. The molecule has 0 spiro atoms. The summed E-state index contributed by atoms with van der Waals surface area (Å²) in [6.45, 7) is 0. The van der Waals surface area contributed by atoms with Crippen LogP contribution in [-0.2, 0) is 9.84 Å². The summed E-state index contributed by atoms with van der Waals surface area (Å²) < 4.78 is 22.4. The predicted molar refractivity (Wildman–Crippen MR) is 60.4 cm³/mol. The quantitative estimate of drug-likeness (QED) is 0.768. The first-order chi connectivity index (χ1) is 6.99. The van der Waals surface area contributed by atoms with Crippen molar-refractivity contribution in [2.24, 2.45) is 5.92 Å². The Labute approximate surface area is 97.0 Å². The molecule has 1 aliphatic heterocycles. The minimum atomic E-state index is -3.00. The highest BCUT2D eigenvalue weighted by atomic mass is 35.5. The van der Waals surface area contributed by atoms with Crippen molar-refractivity contribution in [3.05, 3.63) is 21.3 Å². The Kier molecular flexibility index (Phi) is 2.87. The molecule has 2 rings (SSSR count). The first-order valence-electron chi connectivity index (χ1n) is 4.47. The van der Waals surface area contributed by atoms with Crippen molar-refractivity contribution in [3.8, 4) is 0 Å². The van der Waals surface area contributed by atoms with Crippen molar-refractivity contribution in [1.82, 2.24) is 0 Å². The van der Waals surface area contributed by atoms with Crippen LogP contribution in [0.1, 0.15) is 16.1 Å². The molecule has 1 fully saturated rings. The van der Waals surface area contributed by atoms with Gasteiger partial charge in [0.15, 0.2) is 15.6 Å². The van der Waals surface area contributed by atoms with Gasteiger partial charge in [0, 0.05) is 5.92 Å². The second-order valence-electron chi connectivity index (χ2n) is 3.56. The molecule has 1 unspecified atom stereocenters. The lowest BCUT2D eigenvalue weighted by Gasteiger charge is -2.04. The van der Waals surface area contributed by atoms with Crippen molar-refractivity contribution < 1.29 is 13.2 Å². The summed E-state index contributed by atoms with van der Waals surface area (Å²) in [6.07, 6.45) is 0.426. The molecule has 1 aromatic rings. The highest BCUT2D eigenvalue weighted by molar-refractivity contribution is 7.91. The molecule has 15 heavy (non-hydrogen) atoms. The Morgan fingerprint density at radius 1 is 1.53 bits per heavy atom. The Morgan fingerprint density at radius 2 is 2.27 bits per heavy atom. The van der Waals surface area contributed by atoms with E-state index in [0.717, 1.165) is 0 Å². The zero-order valence-electron chi connectivity index (χ0n) is 7.77. The SMILES string of the molecule is O=C(c1sccc1Cl)C1CCS(=O)(=O)C1. The van der Waals surface area contributed by atoms with Gasteiger partial charge >= 0.3 is 0 Å². The van der Waals surface area contributed by atoms with E-state index in [4.69, 9.17) is 11.6 Å². The second kappa shape index (κ2) is 3.88. The number of Topliss-reactive ketones (excluding diaryl/α,β-unsaturated/α-hetero) is 1. The van der Waals surface area contributed by atoms with Gasteiger partial charge in [0.05, 0.1) is 21.4 Å². The Balaban J connectivity index is 2.21. The van der Waals surface area contributed by atoms with E-state index in [0.29, 0.717) is 16.3 Å². The molecule has 3 nitrogen and oxygen atoms in total. The summed E-state index contributed by atoms with van der Waals surface area (Å²) in [5, 5.41) is 2.16. The standard InChI is InChI=1S/C9H9ClO3S2/c10-7-1-3-14-9(7)8(11)6-2-4-15(12,13)5-6/h1,3,6H,2,4-5H2. The lowest BCUT2D eigenvalue weighted by atomic mass is 10.0. The molecule has 2 heterocycles. The predicted octanol–water partition coefficient (Wildman–Crippen LogP) is 2.02. The van der Waals surface area contributed by atoms with Crippen LogP contribution in [0.3, 0.4) is 0 Å². The van der Waals surface area contributed by atoms with Crippen molar-refractivity contribution in [1.29, 1.82) is 0 Å². The molecule has 1 saturated heterocycles. The molecule has 82 valence electrons. The van der Waals surface area contributed by atoms with Gasteiger partial charge in [0.1, 0.15) is 0 Å². The molecule has 0 aliphatic carbocycles. The van der Waals surface area contributed by atoms with E-state index in [1.807, 2.05) is 0 Å². The third-order valence-electron chi connectivity index (χ3n) is 2.44. The summed E-state index contributed by atoms with van der Waals surface area (Å²) in [7, 11) is -3.00. The fourth-order valence-corrected chi connectivity index (χ4v) is 4.57. The molecular weight excluding hydrogens is 256 g/mol. The smallest absolute Gasteiger partial charge is 0.178 e. The number of carbonyl (C=O) groups is 1. The molecule has 0 bridgehead atoms.